The molecule has 1 aromatic heterocycles. The summed E-state index contributed by atoms with van der Waals surface area (Å²) in [4.78, 5) is 16.5. The van der Waals surface area contributed by atoms with Gasteiger partial charge in [0.1, 0.15) is 0 Å². The molecule has 0 spiro atoms. The van der Waals surface area contributed by atoms with Crippen LogP contribution in [-0.4, -0.2) is 64.9 Å². The molecule has 1 saturated heterocycles. The van der Waals surface area contributed by atoms with Crippen LogP contribution in [0.5, 0.6) is 0 Å². The minimum absolute atomic E-state index is 0.113. The van der Waals surface area contributed by atoms with Crippen LogP contribution in [0, 0.1) is 0 Å². The molecule has 0 bridgehead atoms. The highest BCUT2D eigenvalue weighted by atomic mass is 35.5. The maximum Gasteiger partial charge on any atom is 0.277 e. The van der Waals surface area contributed by atoms with Crippen LogP contribution in [0.1, 0.15) is 6.42 Å². The van der Waals surface area contributed by atoms with Crippen LogP contribution in [-0.2, 0) is 4.79 Å². The number of halogens is 1. The number of benzene rings is 1. The van der Waals surface area contributed by atoms with Crippen molar-refractivity contribution < 1.29 is 9.21 Å². The zero-order valence-electron chi connectivity index (χ0n) is 13.4. The molecule has 1 fully saturated rings. The molecular formula is C16H19ClN4O2S. The van der Waals surface area contributed by atoms with Gasteiger partial charge in [-0.3, -0.25) is 4.79 Å². The molecule has 1 aliphatic heterocycles. The lowest BCUT2D eigenvalue weighted by molar-refractivity contribution is -0.128. The molecule has 1 aromatic carbocycles. The summed E-state index contributed by atoms with van der Waals surface area (Å²) in [6, 6.07) is 7.19. The monoisotopic (exact) mass is 366 g/mol. The molecular weight excluding hydrogens is 348 g/mol. The zero-order chi connectivity index (χ0) is 16.9. The Morgan fingerprint density at radius 3 is 2.79 bits per heavy atom. The number of hydrogen-bond acceptors (Lipinski definition) is 6. The molecule has 0 unspecified atom stereocenters. The molecule has 2 heterocycles. The van der Waals surface area contributed by atoms with E-state index in [1.54, 1.807) is 12.1 Å². The van der Waals surface area contributed by atoms with E-state index in [9.17, 15) is 4.79 Å². The summed E-state index contributed by atoms with van der Waals surface area (Å²) in [6.45, 7) is 3.53. The van der Waals surface area contributed by atoms with Gasteiger partial charge in [-0.05, 0) is 44.3 Å². The minimum atomic E-state index is 0.113. The third-order valence-electron chi connectivity index (χ3n) is 3.89. The quantitative estimate of drug-likeness (QED) is 0.775. The Morgan fingerprint density at radius 2 is 2.00 bits per heavy atom. The molecule has 6 nitrogen and oxygen atoms in total. The molecule has 0 aliphatic carbocycles. The topological polar surface area (TPSA) is 62.5 Å². The number of likely N-dealkylation sites (N-methyl/N-ethyl adjacent to an activating group) is 1. The fourth-order valence-electron chi connectivity index (χ4n) is 2.49. The molecule has 0 atom stereocenters. The maximum atomic E-state index is 12.3. The van der Waals surface area contributed by atoms with Crippen molar-refractivity contribution in [1.82, 2.24) is 20.0 Å². The number of nitrogens with zero attached hydrogens (tertiary/aromatic N) is 4. The summed E-state index contributed by atoms with van der Waals surface area (Å²) in [7, 11) is 2.08. The van der Waals surface area contributed by atoms with Crippen molar-refractivity contribution in [3.63, 3.8) is 0 Å². The first-order chi connectivity index (χ1) is 11.6. The second kappa shape index (κ2) is 8.00. The molecule has 0 saturated carbocycles. The summed E-state index contributed by atoms with van der Waals surface area (Å²) >= 11 is 7.14. The van der Waals surface area contributed by atoms with Crippen molar-refractivity contribution in [3.05, 3.63) is 29.3 Å². The van der Waals surface area contributed by atoms with E-state index in [0.29, 0.717) is 21.9 Å². The van der Waals surface area contributed by atoms with Gasteiger partial charge in [-0.2, -0.15) is 0 Å². The second-order valence-electron chi connectivity index (χ2n) is 5.71. The Balaban J connectivity index is 1.55. The molecule has 8 heteroatoms. The van der Waals surface area contributed by atoms with Gasteiger partial charge in [0.2, 0.25) is 11.8 Å². The second-order valence-corrected chi connectivity index (χ2v) is 7.07. The Kier molecular flexibility index (Phi) is 5.76. The lowest BCUT2D eigenvalue weighted by atomic mass is 10.2. The SMILES string of the molecule is CN1CCCN(C(=O)CSc2nnc(-c3ccc(Cl)cc3)o2)CC1. The molecule has 1 amide bonds. The number of carbonyl (C=O) groups is 1. The minimum Gasteiger partial charge on any atom is -0.411 e. The van der Waals surface area contributed by atoms with E-state index >= 15 is 0 Å². The predicted molar refractivity (Wildman–Crippen MR) is 94.2 cm³/mol. The smallest absolute Gasteiger partial charge is 0.277 e. The first kappa shape index (κ1) is 17.3. The molecule has 0 N–H and O–H groups in total. The van der Waals surface area contributed by atoms with Crippen LogP contribution < -0.4 is 0 Å². The molecule has 2 aromatic rings. The van der Waals surface area contributed by atoms with Crippen LogP contribution >= 0.6 is 23.4 Å². The van der Waals surface area contributed by atoms with Crippen molar-refractivity contribution in [1.29, 1.82) is 0 Å². The first-order valence-electron chi connectivity index (χ1n) is 7.80. The average molecular weight is 367 g/mol. The third-order valence-corrected chi connectivity index (χ3v) is 4.94. The molecule has 128 valence electrons. The van der Waals surface area contributed by atoms with Crippen LogP contribution in [0.4, 0.5) is 0 Å². The number of rotatable bonds is 4. The number of thioether (sulfide) groups is 1. The normalized spacial score (nSPS) is 16.2. The molecule has 24 heavy (non-hydrogen) atoms. The lowest BCUT2D eigenvalue weighted by Gasteiger charge is -2.19. The van der Waals surface area contributed by atoms with Crippen LogP contribution in [0.15, 0.2) is 33.9 Å². The van der Waals surface area contributed by atoms with E-state index < -0.39 is 0 Å². The van der Waals surface area contributed by atoms with Gasteiger partial charge < -0.3 is 14.2 Å². The van der Waals surface area contributed by atoms with Gasteiger partial charge in [0.15, 0.2) is 0 Å². The van der Waals surface area contributed by atoms with Gasteiger partial charge in [-0.1, -0.05) is 23.4 Å². The lowest BCUT2D eigenvalue weighted by Crippen LogP contribution is -2.35. The van der Waals surface area contributed by atoms with Gasteiger partial charge in [0.25, 0.3) is 5.22 Å². The van der Waals surface area contributed by atoms with E-state index in [0.717, 1.165) is 38.2 Å². The number of carbonyl (C=O) groups excluding carboxylic acids is 1. The number of hydrogen-bond donors (Lipinski definition) is 0. The number of amides is 1. The first-order valence-corrected chi connectivity index (χ1v) is 9.17. The van der Waals surface area contributed by atoms with Gasteiger partial charge in [0, 0.05) is 30.2 Å². The summed E-state index contributed by atoms with van der Waals surface area (Å²) < 4.78 is 5.61. The third kappa shape index (κ3) is 4.49. The Labute approximate surface area is 150 Å². The molecule has 1 aliphatic rings. The molecule has 3 rings (SSSR count). The number of aromatic nitrogens is 2. The standard InChI is InChI=1S/C16H19ClN4O2S/c1-20-7-2-8-21(10-9-20)14(22)11-24-16-19-18-15(23-16)12-3-5-13(17)6-4-12/h3-6H,2,7-11H2,1H3. The van der Waals surface area contributed by atoms with E-state index in [4.69, 9.17) is 16.0 Å². The maximum absolute atomic E-state index is 12.3. The van der Waals surface area contributed by atoms with Crippen LogP contribution in [0.2, 0.25) is 5.02 Å². The van der Waals surface area contributed by atoms with Crippen molar-refractivity contribution in [2.24, 2.45) is 0 Å². The van der Waals surface area contributed by atoms with Gasteiger partial charge >= 0.3 is 0 Å². The molecule has 0 radical (unpaired) electrons. The summed E-state index contributed by atoms with van der Waals surface area (Å²) in [6.07, 6.45) is 1.01. The van der Waals surface area contributed by atoms with E-state index in [1.165, 1.54) is 11.8 Å². The fraction of sp³-hybridized carbons (Fsp3) is 0.438. The summed E-state index contributed by atoms with van der Waals surface area (Å²) in [5.74, 6) is 0.853. The fourth-order valence-corrected chi connectivity index (χ4v) is 3.28. The predicted octanol–water partition coefficient (Wildman–Crippen LogP) is 2.65. The van der Waals surface area contributed by atoms with Crippen molar-refractivity contribution in [2.75, 3.05) is 39.0 Å². The zero-order valence-corrected chi connectivity index (χ0v) is 15.0. The Bertz CT molecular complexity index is 692. The average Bonchev–Trinajstić information content (AvgIpc) is 2.94. The van der Waals surface area contributed by atoms with E-state index in [2.05, 4.69) is 22.1 Å². The van der Waals surface area contributed by atoms with Crippen LogP contribution in [0.3, 0.4) is 0 Å². The van der Waals surface area contributed by atoms with Crippen molar-refractivity contribution in [3.8, 4) is 11.5 Å². The summed E-state index contributed by atoms with van der Waals surface area (Å²) in [5, 5.41) is 9.07. The van der Waals surface area contributed by atoms with Crippen molar-refractivity contribution in [2.45, 2.75) is 11.6 Å². The van der Waals surface area contributed by atoms with E-state index in [-0.39, 0.29) is 5.91 Å². The highest BCUT2D eigenvalue weighted by Gasteiger charge is 2.19. The van der Waals surface area contributed by atoms with E-state index in [1.807, 2.05) is 17.0 Å². The van der Waals surface area contributed by atoms with Crippen LogP contribution in [0.25, 0.3) is 11.5 Å². The Morgan fingerprint density at radius 1 is 1.21 bits per heavy atom. The highest BCUT2D eigenvalue weighted by molar-refractivity contribution is 7.99. The summed E-state index contributed by atoms with van der Waals surface area (Å²) in [5.41, 5.74) is 0.806. The largest absolute Gasteiger partial charge is 0.411 e. The highest BCUT2D eigenvalue weighted by Crippen LogP contribution is 2.24. The van der Waals surface area contributed by atoms with Crippen molar-refractivity contribution >= 4 is 29.3 Å². The van der Waals surface area contributed by atoms with Gasteiger partial charge in [-0.25, -0.2) is 0 Å². The Hall–Kier alpha value is -1.57. The van der Waals surface area contributed by atoms with Gasteiger partial charge in [-0.15, -0.1) is 10.2 Å². The van der Waals surface area contributed by atoms with Gasteiger partial charge in [0.05, 0.1) is 5.75 Å².